The van der Waals surface area contributed by atoms with Crippen LogP contribution in [0.1, 0.15) is 45.4 Å². The van der Waals surface area contributed by atoms with E-state index in [0.29, 0.717) is 16.8 Å². The van der Waals surface area contributed by atoms with Gasteiger partial charge in [0.25, 0.3) is 5.91 Å². The van der Waals surface area contributed by atoms with E-state index < -0.39 is 5.91 Å². The number of rotatable bonds is 4. The lowest BCUT2D eigenvalue weighted by molar-refractivity contribution is 0.0995. The molecule has 1 heterocycles. The molecule has 76 valence electrons. The second kappa shape index (κ2) is 4.09. The molecule has 0 aromatic carbocycles. The van der Waals surface area contributed by atoms with Gasteiger partial charge in [-0.3, -0.25) is 9.59 Å². The molecule has 4 nitrogen and oxygen atoms in total. The van der Waals surface area contributed by atoms with E-state index in [4.69, 9.17) is 5.73 Å². The molecule has 0 aliphatic carbocycles. The average molecular weight is 194 g/mol. The van der Waals surface area contributed by atoms with Crippen molar-refractivity contribution in [2.45, 2.75) is 26.7 Å². The maximum atomic E-state index is 11.0. The van der Waals surface area contributed by atoms with Crippen LogP contribution in [-0.4, -0.2) is 17.2 Å². The average Bonchev–Trinajstić information content (AvgIpc) is 2.43. The first-order valence-electron chi connectivity index (χ1n) is 4.58. The van der Waals surface area contributed by atoms with E-state index >= 15 is 0 Å². The second-order valence-electron chi connectivity index (χ2n) is 3.25. The van der Waals surface area contributed by atoms with E-state index in [1.165, 1.54) is 0 Å². The summed E-state index contributed by atoms with van der Waals surface area (Å²) in [5.74, 6) is -0.520. The topological polar surface area (TPSA) is 76.0 Å². The molecule has 1 rings (SSSR count). The summed E-state index contributed by atoms with van der Waals surface area (Å²) >= 11 is 0. The van der Waals surface area contributed by atoms with Crippen molar-refractivity contribution in [3.63, 3.8) is 0 Å². The van der Waals surface area contributed by atoms with Crippen LogP contribution < -0.4 is 5.73 Å². The van der Waals surface area contributed by atoms with E-state index in [0.717, 1.165) is 24.8 Å². The summed E-state index contributed by atoms with van der Waals surface area (Å²) in [7, 11) is 0. The molecule has 0 aliphatic rings. The van der Waals surface area contributed by atoms with Crippen LogP contribution in [0.15, 0.2) is 0 Å². The monoisotopic (exact) mass is 194 g/mol. The summed E-state index contributed by atoms with van der Waals surface area (Å²) in [5.41, 5.74) is 7.52. The van der Waals surface area contributed by atoms with Crippen LogP contribution in [-0.2, 0) is 6.42 Å². The Labute approximate surface area is 82.5 Å². The Kier molecular flexibility index (Phi) is 3.06. The van der Waals surface area contributed by atoms with Crippen molar-refractivity contribution < 1.29 is 9.59 Å². The van der Waals surface area contributed by atoms with Crippen LogP contribution in [0.4, 0.5) is 0 Å². The SMILES string of the molecule is CCCc1[nH]c(C(N)=O)c(C)c1C=O. The maximum absolute atomic E-state index is 11.0. The normalized spacial score (nSPS) is 10.1. The fraction of sp³-hybridized carbons (Fsp3) is 0.400. The number of hydrogen-bond acceptors (Lipinski definition) is 2. The van der Waals surface area contributed by atoms with Gasteiger partial charge in [-0.15, -0.1) is 0 Å². The highest BCUT2D eigenvalue weighted by atomic mass is 16.1. The van der Waals surface area contributed by atoms with E-state index in [9.17, 15) is 9.59 Å². The van der Waals surface area contributed by atoms with Gasteiger partial charge in [-0.05, 0) is 18.9 Å². The van der Waals surface area contributed by atoms with Crippen LogP contribution in [0.5, 0.6) is 0 Å². The van der Waals surface area contributed by atoms with Gasteiger partial charge in [0.05, 0.1) is 0 Å². The molecule has 0 saturated carbocycles. The molecular weight excluding hydrogens is 180 g/mol. The van der Waals surface area contributed by atoms with Gasteiger partial charge < -0.3 is 10.7 Å². The summed E-state index contributed by atoms with van der Waals surface area (Å²) < 4.78 is 0. The van der Waals surface area contributed by atoms with Gasteiger partial charge in [-0.25, -0.2) is 0 Å². The highest BCUT2D eigenvalue weighted by molar-refractivity contribution is 5.96. The largest absolute Gasteiger partial charge is 0.364 e. The standard InChI is InChI=1S/C10H14N2O2/c1-3-4-8-7(5-13)6(2)9(12-8)10(11)14/h5,12H,3-4H2,1-2H3,(H2,11,14). The predicted octanol–water partition coefficient (Wildman–Crippen LogP) is 1.19. The number of hydrogen-bond donors (Lipinski definition) is 2. The van der Waals surface area contributed by atoms with Crippen LogP contribution in [0, 0.1) is 6.92 Å². The Hall–Kier alpha value is -1.58. The molecule has 0 radical (unpaired) electrons. The predicted molar refractivity (Wildman–Crippen MR) is 53.4 cm³/mol. The lowest BCUT2D eigenvalue weighted by Gasteiger charge is -1.94. The Balaban J connectivity index is 3.24. The highest BCUT2D eigenvalue weighted by Crippen LogP contribution is 2.17. The smallest absolute Gasteiger partial charge is 0.265 e. The number of primary amides is 1. The van der Waals surface area contributed by atoms with Crippen molar-refractivity contribution in [1.29, 1.82) is 0 Å². The van der Waals surface area contributed by atoms with Crippen LogP contribution >= 0.6 is 0 Å². The van der Waals surface area contributed by atoms with Gasteiger partial charge >= 0.3 is 0 Å². The third-order valence-corrected chi connectivity index (χ3v) is 2.24. The maximum Gasteiger partial charge on any atom is 0.265 e. The highest BCUT2D eigenvalue weighted by Gasteiger charge is 2.15. The van der Waals surface area contributed by atoms with Gasteiger partial charge in [-0.1, -0.05) is 13.3 Å². The quantitative estimate of drug-likeness (QED) is 0.706. The third-order valence-electron chi connectivity index (χ3n) is 2.24. The molecule has 0 atom stereocenters. The Morgan fingerprint density at radius 3 is 2.64 bits per heavy atom. The van der Waals surface area contributed by atoms with Gasteiger partial charge in [0.15, 0.2) is 6.29 Å². The van der Waals surface area contributed by atoms with E-state index in [2.05, 4.69) is 4.98 Å². The Morgan fingerprint density at radius 2 is 2.21 bits per heavy atom. The number of amides is 1. The van der Waals surface area contributed by atoms with Crippen molar-refractivity contribution in [1.82, 2.24) is 4.98 Å². The molecule has 0 saturated heterocycles. The Bertz CT molecular complexity index is 366. The number of aldehydes is 1. The van der Waals surface area contributed by atoms with Gasteiger partial charge in [0.1, 0.15) is 5.69 Å². The lowest BCUT2D eigenvalue weighted by atomic mass is 10.1. The molecule has 1 aromatic rings. The summed E-state index contributed by atoms with van der Waals surface area (Å²) in [4.78, 5) is 24.7. The molecule has 0 fully saturated rings. The summed E-state index contributed by atoms with van der Waals surface area (Å²) in [6, 6.07) is 0. The summed E-state index contributed by atoms with van der Waals surface area (Å²) in [6.45, 7) is 3.73. The van der Waals surface area contributed by atoms with Crippen LogP contribution in [0.3, 0.4) is 0 Å². The van der Waals surface area contributed by atoms with E-state index in [1.807, 2.05) is 6.92 Å². The molecule has 0 spiro atoms. The zero-order valence-corrected chi connectivity index (χ0v) is 8.39. The van der Waals surface area contributed by atoms with Crippen molar-refractivity contribution in [2.75, 3.05) is 0 Å². The van der Waals surface area contributed by atoms with Gasteiger partial charge in [0, 0.05) is 11.3 Å². The molecule has 3 N–H and O–H groups in total. The van der Waals surface area contributed by atoms with Crippen LogP contribution in [0.25, 0.3) is 0 Å². The van der Waals surface area contributed by atoms with Crippen molar-refractivity contribution in [3.8, 4) is 0 Å². The fourth-order valence-electron chi connectivity index (χ4n) is 1.53. The number of carbonyl (C=O) groups is 2. The number of aromatic amines is 1. The molecular formula is C10H14N2O2. The lowest BCUT2D eigenvalue weighted by Crippen LogP contribution is -2.12. The third kappa shape index (κ3) is 1.69. The van der Waals surface area contributed by atoms with Crippen LogP contribution in [0.2, 0.25) is 0 Å². The molecule has 0 bridgehead atoms. The summed E-state index contributed by atoms with van der Waals surface area (Å²) in [5, 5.41) is 0. The number of nitrogens with one attached hydrogen (secondary N) is 1. The Morgan fingerprint density at radius 1 is 1.57 bits per heavy atom. The number of H-pyrrole nitrogens is 1. The zero-order valence-electron chi connectivity index (χ0n) is 8.39. The minimum absolute atomic E-state index is 0.343. The first kappa shape index (κ1) is 10.5. The number of aryl methyl sites for hydroxylation is 1. The zero-order chi connectivity index (χ0) is 10.7. The number of nitrogens with two attached hydrogens (primary N) is 1. The van der Waals surface area contributed by atoms with Crippen molar-refractivity contribution >= 4 is 12.2 Å². The second-order valence-corrected chi connectivity index (χ2v) is 3.25. The minimum Gasteiger partial charge on any atom is -0.364 e. The summed E-state index contributed by atoms with van der Waals surface area (Å²) in [6.07, 6.45) is 2.43. The van der Waals surface area contributed by atoms with Crippen molar-refractivity contribution in [3.05, 3.63) is 22.5 Å². The number of carbonyl (C=O) groups excluding carboxylic acids is 2. The number of aromatic nitrogens is 1. The van der Waals surface area contributed by atoms with Gasteiger partial charge in [0.2, 0.25) is 0 Å². The van der Waals surface area contributed by atoms with Gasteiger partial charge in [-0.2, -0.15) is 0 Å². The minimum atomic E-state index is -0.520. The molecule has 1 aromatic heterocycles. The molecule has 14 heavy (non-hydrogen) atoms. The molecule has 0 unspecified atom stereocenters. The first-order chi connectivity index (χ1) is 6.61. The fourth-order valence-corrected chi connectivity index (χ4v) is 1.53. The molecule has 4 heteroatoms. The van der Waals surface area contributed by atoms with Crippen molar-refractivity contribution in [2.24, 2.45) is 5.73 Å². The molecule has 1 amide bonds. The molecule has 0 aliphatic heterocycles. The van der Waals surface area contributed by atoms with E-state index in [1.54, 1.807) is 6.92 Å². The van der Waals surface area contributed by atoms with E-state index in [-0.39, 0.29) is 0 Å². The first-order valence-corrected chi connectivity index (χ1v) is 4.58.